The molecule has 100 valence electrons. The topological polar surface area (TPSA) is 58.6 Å². The zero-order valence-corrected chi connectivity index (χ0v) is 10.6. The zero-order valence-electron chi connectivity index (χ0n) is 10.6. The number of benzene rings is 2. The van der Waals surface area contributed by atoms with Gasteiger partial charge in [0.2, 0.25) is 0 Å². The van der Waals surface area contributed by atoms with Crippen molar-refractivity contribution < 1.29 is 14.6 Å². The molecule has 0 atom stereocenters. The van der Waals surface area contributed by atoms with Crippen molar-refractivity contribution >= 4 is 16.7 Å². The van der Waals surface area contributed by atoms with Gasteiger partial charge in [-0.3, -0.25) is 4.79 Å². The summed E-state index contributed by atoms with van der Waals surface area (Å²) in [4.78, 5) is 12.1. The van der Waals surface area contributed by atoms with Gasteiger partial charge >= 0.3 is 0 Å². The minimum absolute atomic E-state index is 0.00271. The highest BCUT2D eigenvalue weighted by Crippen LogP contribution is 2.18. The van der Waals surface area contributed by atoms with Crippen LogP contribution in [0.5, 0.6) is 0 Å². The van der Waals surface area contributed by atoms with Gasteiger partial charge in [0.25, 0.3) is 5.91 Å². The van der Waals surface area contributed by atoms with Crippen LogP contribution in [-0.4, -0.2) is 37.4 Å². The van der Waals surface area contributed by atoms with Gasteiger partial charge in [-0.15, -0.1) is 0 Å². The van der Waals surface area contributed by atoms with Gasteiger partial charge in [0.15, 0.2) is 0 Å². The highest BCUT2D eigenvalue weighted by molar-refractivity contribution is 6.06. The maximum absolute atomic E-state index is 12.1. The fourth-order valence-corrected chi connectivity index (χ4v) is 1.92. The lowest BCUT2D eigenvalue weighted by Crippen LogP contribution is -2.27. The summed E-state index contributed by atoms with van der Waals surface area (Å²) in [6.07, 6.45) is 0. The van der Waals surface area contributed by atoms with Crippen LogP contribution in [0.1, 0.15) is 10.4 Å². The number of aliphatic hydroxyl groups excluding tert-OH is 1. The molecule has 2 aromatic rings. The number of ether oxygens (including phenoxy) is 1. The Morgan fingerprint density at radius 1 is 1.11 bits per heavy atom. The lowest BCUT2D eigenvalue weighted by atomic mass is 10.0. The molecule has 0 aliphatic heterocycles. The van der Waals surface area contributed by atoms with E-state index in [1.807, 2.05) is 42.5 Å². The summed E-state index contributed by atoms with van der Waals surface area (Å²) in [5, 5.41) is 13.4. The van der Waals surface area contributed by atoms with Gasteiger partial charge in [0.05, 0.1) is 19.8 Å². The number of carbonyl (C=O) groups excluding carboxylic acids is 1. The van der Waals surface area contributed by atoms with Crippen molar-refractivity contribution in [3.8, 4) is 0 Å². The molecule has 2 N–H and O–H groups in total. The van der Waals surface area contributed by atoms with Crippen molar-refractivity contribution in [3.05, 3.63) is 48.0 Å². The Bertz CT molecular complexity index is 549. The van der Waals surface area contributed by atoms with E-state index in [9.17, 15) is 4.79 Å². The minimum atomic E-state index is -0.107. The summed E-state index contributed by atoms with van der Waals surface area (Å²) in [5.74, 6) is -0.107. The molecule has 2 aromatic carbocycles. The zero-order chi connectivity index (χ0) is 13.5. The molecular formula is C15H17NO3. The summed E-state index contributed by atoms with van der Waals surface area (Å²) in [6, 6.07) is 13.5. The van der Waals surface area contributed by atoms with Crippen molar-refractivity contribution in [2.24, 2.45) is 0 Å². The maximum atomic E-state index is 12.1. The largest absolute Gasteiger partial charge is 0.394 e. The summed E-state index contributed by atoms with van der Waals surface area (Å²) < 4.78 is 5.09. The molecule has 0 aliphatic carbocycles. The third-order valence-electron chi connectivity index (χ3n) is 2.80. The predicted octanol–water partition coefficient (Wildman–Crippen LogP) is 1.58. The van der Waals surface area contributed by atoms with Crippen molar-refractivity contribution in [3.63, 3.8) is 0 Å². The molecule has 1 amide bonds. The smallest absolute Gasteiger partial charge is 0.251 e. The summed E-state index contributed by atoms with van der Waals surface area (Å²) in [5.41, 5.74) is 0.667. The van der Waals surface area contributed by atoms with E-state index in [4.69, 9.17) is 9.84 Å². The van der Waals surface area contributed by atoms with Gasteiger partial charge in [-0.25, -0.2) is 0 Å². The molecule has 0 saturated heterocycles. The Morgan fingerprint density at radius 2 is 1.89 bits per heavy atom. The number of fused-ring (bicyclic) bond motifs is 1. The monoisotopic (exact) mass is 259 g/mol. The van der Waals surface area contributed by atoms with Gasteiger partial charge < -0.3 is 15.2 Å². The molecule has 0 radical (unpaired) electrons. The Balaban J connectivity index is 2.01. The summed E-state index contributed by atoms with van der Waals surface area (Å²) in [7, 11) is 0. The lowest BCUT2D eigenvalue weighted by molar-refractivity contribution is 0.0839. The van der Waals surface area contributed by atoms with Gasteiger partial charge in [-0.1, -0.05) is 36.4 Å². The van der Waals surface area contributed by atoms with E-state index >= 15 is 0 Å². The molecular weight excluding hydrogens is 242 g/mol. The standard InChI is InChI=1S/C15H17NO3/c17-9-11-19-10-8-16-15(18)14-7-3-5-12-4-1-2-6-13(12)14/h1-7,17H,8-11H2,(H,16,18). The first-order valence-electron chi connectivity index (χ1n) is 6.27. The van der Waals surface area contributed by atoms with E-state index in [-0.39, 0.29) is 12.5 Å². The number of carbonyl (C=O) groups is 1. The molecule has 0 bridgehead atoms. The molecule has 4 nitrogen and oxygen atoms in total. The number of amides is 1. The first kappa shape index (κ1) is 13.5. The first-order chi connectivity index (χ1) is 9.33. The second-order valence-corrected chi connectivity index (χ2v) is 4.12. The van der Waals surface area contributed by atoms with Gasteiger partial charge in [0, 0.05) is 12.1 Å². The second kappa shape index (κ2) is 6.87. The van der Waals surface area contributed by atoms with Crippen molar-refractivity contribution in [1.29, 1.82) is 0 Å². The van der Waals surface area contributed by atoms with Crippen LogP contribution in [0.3, 0.4) is 0 Å². The Morgan fingerprint density at radius 3 is 2.74 bits per heavy atom. The van der Waals surface area contributed by atoms with E-state index in [2.05, 4.69) is 5.32 Å². The van der Waals surface area contributed by atoms with E-state index in [1.165, 1.54) is 0 Å². The normalized spacial score (nSPS) is 10.6. The Hall–Kier alpha value is -1.91. The number of hydrogen-bond donors (Lipinski definition) is 2. The molecule has 0 saturated carbocycles. The molecule has 0 aromatic heterocycles. The number of nitrogens with one attached hydrogen (secondary N) is 1. The third-order valence-corrected chi connectivity index (χ3v) is 2.80. The van der Waals surface area contributed by atoms with E-state index in [0.29, 0.717) is 25.3 Å². The molecule has 4 heteroatoms. The molecule has 2 rings (SSSR count). The molecule has 0 spiro atoms. The average Bonchev–Trinajstić information content (AvgIpc) is 2.46. The van der Waals surface area contributed by atoms with Gasteiger partial charge in [-0.05, 0) is 16.8 Å². The van der Waals surface area contributed by atoms with Crippen molar-refractivity contribution in [1.82, 2.24) is 5.32 Å². The SMILES string of the molecule is O=C(NCCOCCO)c1cccc2ccccc12. The predicted molar refractivity (Wildman–Crippen MR) is 74.2 cm³/mol. The minimum Gasteiger partial charge on any atom is -0.394 e. The quantitative estimate of drug-likeness (QED) is 0.774. The lowest BCUT2D eigenvalue weighted by Gasteiger charge is -2.08. The van der Waals surface area contributed by atoms with Crippen molar-refractivity contribution in [2.75, 3.05) is 26.4 Å². The van der Waals surface area contributed by atoms with Crippen LogP contribution in [0, 0.1) is 0 Å². The average molecular weight is 259 g/mol. The van der Waals surface area contributed by atoms with Crippen LogP contribution >= 0.6 is 0 Å². The van der Waals surface area contributed by atoms with Crippen LogP contribution in [-0.2, 0) is 4.74 Å². The molecule has 0 fully saturated rings. The van der Waals surface area contributed by atoms with E-state index in [0.717, 1.165) is 10.8 Å². The van der Waals surface area contributed by atoms with Crippen LogP contribution in [0.2, 0.25) is 0 Å². The first-order valence-corrected chi connectivity index (χ1v) is 6.27. The summed E-state index contributed by atoms with van der Waals surface area (Å²) >= 11 is 0. The Labute approximate surface area is 112 Å². The van der Waals surface area contributed by atoms with Crippen molar-refractivity contribution in [2.45, 2.75) is 0 Å². The molecule has 19 heavy (non-hydrogen) atoms. The number of hydrogen-bond acceptors (Lipinski definition) is 3. The highest BCUT2D eigenvalue weighted by atomic mass is 16.5. The number of aliphatic hydroxyl groups is 1. The van der Waals surface area contributed by atoms with Crippen LogP contribution < -0.4 is 5.32 Å². The summed E-state index contributed by atoms with van der Waals surface area (Å²) in [6.45, 7) is 1.13. The van der Waals surface area contributed by atoms with Gasteiger partial charge in [0.1, 0.15) is 0 Å². The van der Waals surface area contributed by atoms with Crippen LogP contribution in [0.25, 0.3) is 10.8 Å². The van der Waals surface area contributed by atoms with Crippen LogP contribution in [0.4, 0.5) is 0 Å². The van der Waals surface area contributed by atoms with E-state index < -0.39 is 0 Å². The number of rotatable bonds is 6. The molecule has 0 heterocycles. The Kier molecular flexibility index (Phi) is 4.89. The highest BCUT2D eigenvalue weighted by Gasteiger charge is 2.08. The molecule has 0 unspecified atom stereocenters. The van der Waals surface area contributed by atoms with E-state index in [1.54, 1.807) is 0 Å². The van der Waals surface area contributed by atoms with Crippen LogP contribution in [0.15, 0.2) is 42.5 Å². The second-order valence-electron chi connectivity index (χ2n) is 4.12. The molecule has 0 aliphatic rings. The maximum Gasteiger partial charge on any atom is 0.251 e. The third kappa shape index (κ3) is 3.53. The fourth-order valence-electron chi connectivity index (χ4n) is 1.92. The fraction of sp³-hybridized carbons (Fsp3) is 0.267. The van der Waals surface area contributed by atoms with Gasteiger partial charge in [-0.2, -0.15) is 0 Å².